The minimum absolute atomic E-state index is 0.150. The van der Waals surface area contributed by atoms with Gasteiger partial charge in [-0.25, -0.2) is 4.98 Å². The van der Waals surface area contributed by atoms with Gasteiger partial charge in [-0.3, -0.25) is 0 Å². The molecule has 0 unspecified atom stereocenters. The van der Waals surface area contributed by atoms with Crippen molar-refractivity contribution in [2.24, 2.45) is 0 Å². The summed E-state index contributed by atoms with van der Waals surface area (Å²) in [6, 6.07) is 6.16. The lowest BCUT2D eigenvalue weighted by Crippen LogP contribution is -2.06. The van der Waals surface area contributed by atoms with Gasteiger partial charge < -0.3 is 9.30 Å². The summed E-state index contributed by atoms with van der Waals surface area (Å²) in [5.74, 6) is 2.53. The lowest BCUT2D eigenvalue weighted by Gasteiger charge is -2.10. The Hall–Kier alpha value is -1.22. The molecule has 0 aliphatic rings. The Morgan fingerprint density at radius 1 is 1.29 bits per heavy atom. The monoisotopic (exact) mass is 308 g/mol. The Labute approximate surface area is 132 Å². The Balaban J connectivity index is 2.40. The first-order valence-corrected chi connectivity index (χ1v) is 8.41. The first-order chi connectivity index (χ1) is 10.2. The normalized spacial score (nSPS) is 11.5. The summed E-state index contributed by atoms with van der Waals surface area (Å²) in [5.41, 5.74) is 2.12. The predicted molar refractivity (Wildman–Crippen MR) is 89.4 cm³/mol. The zero-order chi connectivity index (χ0) is 15.2. The van der Waals surface area contributed by atoms with Gasteiger partial charge in [-0.15, -0.1) is 11.6 Å². The molecule has 2 rings (SSSR count). The molecule has 0 saturated carbocycles. The second-order valence-corrected chi connectivity index (χ2v) is 5.99. The number of para-hydroxylation sites is 1. The number of unbranched alkanes of at least 4 members (excludes halogenated alkanes) is 2. The quantitative estimate of drug-likeness (QED) is 0.517. The molecule has 0 fully saturated rings. The molecule has 1 heterocycles. The number of rotatable bonds is 8. The van der Waals surface area contributed by atoms with E-state index in [2.05, 4.69) is 17.6 Å². The van der Waals surface area contributed by atoms with Crippen LogP contribution < -0.4 is 4.74 Å². The molecule has 0 radical (unpaired) electrons. The fourth-order valence-electron chi connectivity index (χ4n) is 2.56. The van der Waals surface area contributed by atoms with Crippen molar-refractivity contribution >= 4 is 22.6 Å². The molecule has 3 nitrogen and oxygen atoms in total. The average Bonchev–Trinajstić information content (AvgIpc) is 2.78. The van der Waals surface area contributed by atoms with Crippen molar-refractivity contribution in [2.75, 3.05) is 5.88 Å². The number of imidazole rings is 1. The molecule has 0 N–H and O–H groups in total. The highest BCUT2D eigenvalue weighted by Gasteiger charge is 2.14. The van der Waals surface area contributed by atoms with Gasteiger partial charge in [0.2, 0.25) is 0 Å². The van der Waals surface area contributed by atoms with E-state index in [1.54, 1.807) is 0 Å². The summed E-state index contributed by atoms with van der Waals surface area (Å²) in [6.07, 6.45) is 4.58. The molecular weight excluding hydrogens is 284 g/mol. The molecule has 0 amide bonds. The van der Waals surface area contributed by atoms with Crippen LogP contribution in [0, 0.1) is 0 Å². The molecule has 1 aromatic heterocycles. The van der Waals surface area contributed by atoms with Gasteiger partial charge in [0.25, 0.3) is 0 Å². The van der Waals surface area contributed by atoms with Crippen molar-refractivity contribution in [1.82, 2.24) is 9.55 Å². The smallest absolute Gasteiger partial charge is 0.147 e. The van der Waals surface area contributed by atoms with Gasteiger partial charge in [0, 0.05) is 18.8 Å². The summed E-state index contributed by atoms with van der Waals surface area (Å²) in [4.78, 5) is 4.79. The average molecular weight is 309 g/mol. The number of alkyl halides is 1. The van der Waals surface area contributed by atoms with Crippen molar-refractivity contribution in [3.8, 4) is 5.75 Å². The van der Waals surface area contributed by atoms with E-state index in [9.17, 15) is 0 Å². The number of nitrogens with zero attached hydrogens (tertiary/aromatic N) is 2. The second kappa shape index (κ2) is 7.69. The number of hydrogen-bond acceptors (Lipinski definition) is 2. The highest BCUT2D eigenvalue weighted by atomic mass is 35.5. The Kier molecular flexibility index (Phi) is 5.92. The Bertz CT molecular complexity index is 577. The Morgan fingerprint density at radius 3 is 2.76 bits per heavy atom. The summed E-state index contributed by atoms with van der Waals surface area (Å²) in [6.45, 7) is 7.30. The minimum atomic E-state index is 0.150. The van der Waals surface area contributed by atoms with Crippen LogP contribution in [-0.2, 0) is 13.0 Å². The third-order valence-electron chi connectivity index (χ3n) is 3.49. The molecule has 21 heavy (non-hydrogen) atoms. The minimum Gasteiger partial charge on any atom is -0.489 e. The van der Waals surface area contributed by atoms with Gasteiger partial charge >= 0.3 is 0 Å². The van der Waals surface area contributed by atoms with E-state index in [0.717, 1.165) is 35.6 Å². The van der Waals surface area contributed by atoms with Crippen molar-refractivity contribution in [1.29, 1.82) is 0 Å². The van der Waals surface area contributed by atoms with E-state index < -0.39 is 0 Å². The van der Waals surface area contributed by atoms with E-state index >= 15 is 0 Å². The van der Waals surface area contributed by atoms with Crippen LogP contribution in [0.1, 0.15) is 45.9 Å². The van der Waals surface area contributed by atoms with E-state index in [4.69, 9.17) is 21.3 Å². The number of aromatic nitrogens is 2. The van der Waals surface area contributed by atoms with Gasteiger partial charge in [0.15, 0.2) is 0 Å². The maximum absolute atomic E-state index is 5.94. The molecule has 0 spiro atoms. The summed E-state index contributed by atoms with van der Waals surface area (Å²) >= 11 is 5.94. The topological polar surface area (TPSA) is 27.1 Å². The van der Waals surface area contributed by atoms with Gasteiger partial charge in [0.1, 0.15) is 17.1 Å². The highest BCUT2D eigenvalue weighted by molar-refractivity contribution is 6.17. The molecular formula is C17H25ClN2O. The van der Waals surface area contributed by atoms with Gasteiger partial charge in [0.05, 0.1) is 11.6 Å². The molecule has 0 aliphatic heterocycles. The maximum Gasteiger partial charge on any atom is 0.147 e. The summed E-state index contributed by atoms with van der Waals surface area (Å²) < 4.78 is 8.20. The Morgan fingerprint density at radius 2 is 2.10 bits per heavy atom. The molecule has 2 aromatic rings. The third kappa shape index (κ3) is 3.91. The SMILES string of the molecule is CCCCCn1c(CCCl)nc2c(OC(C)C)cccc21. The zero-order valence-corrected chi connectivity index (χ0v) is 14.0. The molecule has 0 atom stereocenters. The van der Waals surface area contributed by atoms with Gasteiger partial charge in [-0.2, -0.15) is 0 Å². The third-order valence-corrected chi connectivity index (χ3v) is 3.68. The molecule has 0 saturated heterocycles. The molecule has 1 aromatic carbocycles. The number of halogens is 1. The number of hydrogen-bond donors (Lipinski definition) is 0. The summed E-state index contributed by atoms with van der Waals surface area (Å²) in [7, 11) is 0. The molecule has 116 valence electrons. The van der Waals surface area contributed by atoms with E-state index in [0.29, 0.717) is 5.88 Å². The lowest BCUT2D eigenvalue weighted by molar-refractivity contribution is 0.245. The van der Waals surface area contributed by atoms with Crippen molar-refractivity contribution in [2.45, 2.75) is 59.1 Å². The van der Waals surface area contributed by atoms with Crippen LogP contribution in [0.3, 0.4) is 0 Å². The fraction of sp³-hybridized carbons (Fsp3) is 0.588. The van der Waals surface area contributed by atoms with Gasteiger partial charge in [-0.05, 0) is 32.4 Å². The van der Waals surface area contributed by atoms with Crippen LogP contribution in [0.25, 0.3) is 11.0 Å². The first-order valence-electron chi connectivity index (χ1n) is 7.88. The number of fused-ring (bicyclic) bond motifs is 1. The van der Waals surface area contributed by atoms with E-state index in [-0.39, 0.29) is 6.10 Å². The second-order valence-electron chi connectivity index (χ2n) is 5.62. The van der Waals surface area contributed by atoms with E-state index in [1.807, 2.05) is 26.0 Å². The van der Waals surface area contributed by atoms with Crippen LogP contribution in [0.4, 0.5) is 0 Å². The first kappa shape index (κ1) is 16.2. The van der Waals surface area contributed by atoms with Crippen LogP contribution in [0.5, 0.6) is 5.75 Å². The summed E-state index contributed by atoms with van der Waals surface area (Å²) in [5, 5.41) is 0. The molecule has 0 aliphatic carbocycles. The van der Waals surface area contributed by atoms with Crippen molar-refractivity contribution in [3.05, 3.63) is 24.0 Å². The van der Waals surface area contributed by atoms with Crippen molar-refractivity contribution in [3.63, 3.8) is 0 Å². The van der Waals surface area contributed by atoms with Crippen LogP contribution in [-0.4, -0.2) is 21.5 Å². The zero-order valence-electron chi connectivity index (χ0n) is 13.2. The fourth-order valence-corrected chi connectivity index (χ4v) is 2.73. The number of aryl methyl sites for hydroxylation is 2. The predicted octanol–water partition coefficient (Wildman–Crippen LogP) is 4.80. The van der Waals surface area contributed by atoms with Gasteiger partial charge in [-0.1, -0.05) is 25.8 Å². The maximum atomic E-state index is 5.94. The lowest BCUT2D eigenvalue weighted by atomic mass is 10.2. The van der Waals surface area contributed by atoms with Crippen LogP contribution in [0.2, 0.25) is 0 Å². The van der Waals surface area contributed by atoms with E-state index in [1.165, 1.54) is 19.3 Å². The molecule has 0 bridgehead atoms. The number of benzene rings is 1. The largest absolute Gasteiger partial charge is 0.489 e. The molecule has 4 heteroatoms. The van der Waals surface area contributed by atoms with Crippen molar-refractivity contribution < 1.29 is 4.74 Å². The van der Waals surface area contributed by atoms with Crippen LogP contribution in [0.15, 0.2) is 18.2 Å². The van der Waals surface area contributed by atoms with Crippen LogP contribution >= 0.6 is 11.6 Å². The standard InChI is InChI=1S/C17H25ClN2O/c1-4-5-6-12-20-14-8-7-9-15(21-13(2)3)17(14)19-16(20)10-11-18/h7-9,13H,4-6,10-12H2,1-3H3. The number of ether oxygens (including phenoxy) is 1. The highest BCUT2D eigenvalue weighted by Crippen LogP contribution is 2.27.